The monoisotopic (exact) mass is 458 g/mol. The second kappa shape index (κ2) is 21.9. The van der Waals surface area contributed by atoms with Gasteiger partial charge in [0.25, 0.3) is 5.97 Å². The van der Waals surface area contributed by atoms with E-state index in [1.807, 2.05) is 6.42 Å². The molecule has 0 heterocycles. The van der Waals surface area contributed by atoms with Crippen LogP contribution in [-0.2, 0) is 24.1 Å². The van der Waals surface area contributed by atoms with Gasteiger partial charge in [0.05, 0.1) is 0 Å². The van der Waals surface area contributed by atoms with Crippen LogP contribution in [0.5, 0.6) is 0 Å². The van der Waals surface area contributed by atoms with Crippen molar-refractivity contribution in [3.63, 3.8) is 0 Å². The Morgan fingerprint density at radius 1 is 1.00 bits per heavy atom. The molecule has 1 N–H and O–H groups in total. The predicted molar refractivity (Wildman–Crippen MR) is 112 cm³/mol. The molecular formula is C21H39KO6S. The van der Waals surface area contributed by atoms with Crippen LogP contribution in [0.4, 0.5) is 0 Å². The SMILES string of the molecule is CCCCCCCC/C=C\CCCCC[CH-]CC(=O)OC(C)COS(=O)(=O)O.[K+]. The third-order valence-corrected chi connectivity index (χ3v) is 4.70. The fraction of sp³-hybridized carbons (Fsp3) is 0.810. The quantitative estimate of drug-likeness (QED) is 0.0799. The molecule has 0 aromatic rings. The molecule has 0 spiro atoms. The Bertz CT molecular complexity index is 507. The van der Waals surface area contributed by atoms with Crippen molar-refractivity contribution >= 4 is 16.4 Å². The minimum atomic E-state index is -4.50. The molecular weight excluding hydrogens is 419 g/mol. The van der Waals surface area contributed by atoms with Gasteiger partial charge in [-0.15, -0.1) is 0 Å². The Kier molecular flexibility index (Phi) is 24.1. The number of ether oxygens (including phenoxy) is 1. The van der Waals surface area contributed by atoms with Crippen molar-refractivity contribution < 1.29 is 78.1 Å². The first-order valence-corrected chi connectivity index (χ1v) is 12.0. The van der Waals surface area contributed by atoms with Crippen molar-refractivity contribution in [1.82, 2.24) is 0 Å². The molecule has 29 heavy (non-hydrogen) atoms. The van der Waals surface area contributed by atoms with Crippen LogP contribution >= 0.6 is 0 Å². The van der Waals surface area contributed by atoms with Crippen LogP contribution in [0.15, 0.2) is 12.2 Å². The molecule has 0 saturated carbocycles. The topological polar surface area (TPSA) is 89.9 Å². The molecule has 0 aromatic heterocycles. The van der Waals surface area contributed by atoms with E-state index in [1.54, 1.807) is 0 Å². The third kappa shape index (κ3) is 26.7. The molecule has 0 bridgehead atoms. The maximum absolute atomic E-state index is 11.6. The average molecular weight is 459 g/mol. The van der Waals surface area contributed by atoms with Crippen LogP contribution in [0.3, 0.4) is 0 Å². The normalized spacial score (nSPS) is 12.7. The number of rotatable bonds is 19. The molecule has 6 nitrogen and oxygen atoms in total. The zero-order chi connectivity index (χ0) is 21.1. The number of hydrogen-bond donors (Lipinski definition) is 1. The number of unbranched alkanes of at least 4 members (excludes halogenated alkanes) is 11. The summed E-state index contributed by atoms with van der Waals surface area (Å²) in [6.45, 7) is 3.35. The van der Waals surface area contributed by atoms with E-state index < -0.39 is 29.1 Å². The first-order valence-electron chi connectivity index (χ1n) is 10.6. The molecule has 0 aromatic carbocycles. The van der Waals surface area contributed by atoms with Crippen molar-refractivity contribution in [1.29, 1.82) is 0 Å². The first-order chi connectivity index (χ1) is 13.3. The van der Waals surface area contributed by atoms with Gasteiger partial charge in [-0.3, -0.25) is 9.35 Å². The Labute approximate surface area is 220 Å². The van der Waals surface area contributed by atoms with E-state index in [0.717, 1.165) is 32.1 Å². The van der Waals surface area contributed by atoms with Gasteiger partial charge in [-0.25, -0.2) is 4.18 Å². The van der Waals surface area contributed by atoms with E-state index in [2.05, 4.69) is 23.3 Å². The molecule has 0 aliphatic heterocycles. The summed E-state index contributed by atoms with van der Waals surface area (Å²) < 4.78 is 38.5. The minimum absolute atomic E-state index is 0. The Morgan fingerprint density at radius 2 is 1.55 bits per heavy atom. The molecule has 0 aliphatic rings. The number of hydrogen-bond acceptors (Lipinski definition) is 5. The van der Waals surface area contributed by atoms with E-state index in [9.17, 15) is 13.2 Å². The zero-order valence-electron chi connectivity index (χ0n) is 18.6. The van der Waals surface area contributed by atoms with Gasteiger partial charge in [-0.05, 0) is 32.6 Å². The van der Waals surface area contributed by atoms with Crippen molar-refractivity contribution in [2.45, 2.75) is 103 Å². The van der Waals surface area contributed by atoms with Gasteiger partial charge in [0.1, 0.15) is 12.7 Å². The van der Waals surface area contributed by atoms with Gasteiger partial charge in [-0.1, -0.05) is 70.4 Å². The predicted octanol–water partition coefficient (Wildman–Crippen LogP) is 2.59. The molecule has 0 aliphatic carbocycles. The molecule has 0 rings (SSSR count). The van der Waals surface area contributed by atoms with Gasteiger partial charge in [0.2, 0.25) is 0 Å². The van der Waals surface area contributed by atoms with Crippen LogP contribution < -0.4 is 51.4 Å². The van der Waals surface area contributed by atoms with Crippen LogP contribution in [0.1, 0.15) is 97.3 Å². The summed E-state index contributed by atoms with van der Waals surface area (Å²) in [7, 11) is -4.50. The second-order valence-electron chi connectivity index (χ2n) is 7.17. The van der Waals surface area contributed by atoms with Crippen LogP contribution in [0, 0.1) is 6.42 Å². The van der Waals surface area contributed by atoms with Crippen molar-refractivity contribution in [3.05, 3.63) is 18.6 Å². The second-order valence-corrected chi connectivity index (χ2v) is 8.26. The standard InChI is InChI=1S/C21H39O6S.K/c1-3-4-5-6-7-8-9-10-11-12-13-14-15-16-17-18-21(22)27-20(2)19-26-28(23,24)25;/h10-11,17,20H,3-9,12-16,18-19H2,1-2H3,(H,23,24,25);/q-1;+1/b11-10-;. The Balaban J connectivity index is 0. The molecule has 1 unspecified atom stereocenters. The molecule has 1 atom stereocenters. The van der Waals surface area contributed by atoms with E-state index in [0.29, 0.717) is 0 Å². The van der Waals surface area contributed by atoms with Crippen LogP contribution in [0.25, 0.3) is 0 Å². The summed E-state index contributed by atoms with van der Waals surface area (Å²) in [5, 5.41) is 0. The number of carbonyl (C=O) groups is 1. The largest absolute Gasteiger partial charge is 1.00 e. The van der Waals surface area contributed by atoms with E-state index in [-0.39, 0.29) is 57.8 Å². The van der Waals surface area contributed by atoms with Crippen molar-refractivity contribution in [2.24, 2.45) is 0 Å². The van der Waals surface area contributed by atoms with Gasteiger partial charge in [0, 0.05) is 0 Å². The van der Waals surface area contributed by atoms with E-state index >= 15 is 0 Å². The number of carbonyl (C=O) groups excluding carboxylic acids is 1. The van der Waals surface area contributed by atoms with Crippen LogP contribution in [0.2, 0.25) is 0 Å². The smallest absolute Gasteiger partial charge is 0.462 e. The summed E-state index contributed by atoms with van der Waals surface area (Å²) in [6, 6.07) is 0. The van der Waals surface area contributed by atoms with Crippen LogP contribution in [-0.4, -0.2) is 31.7 Å². The van der Waals surface area contributed by atoms with E-state index in [1.165, 1.54) is 51.9 Å². The molecule has 0 saturated heterocycles. The molecule has 0 fully saturated rings. The Morgan fingerprint density at radius 3 is 2.14 bits per heavy atom. The maximum Gasteiger partial charge on any atom is 1.00 e. The zero-order valence-corrected chi connectivity index (χ0v) is 22.5. The van der Waals surface area contributed by atoms with Crippen molar-refractivity contribution in [2.75, 3.05) is 6.61 Å². The van der Waals surface area contributed by atoms with Crippen molar-refractivity contribution in [3.8, 4) is 0 Å². The van der Waals surface area contributed by atoms with Gasteiger partial charge < -0.3 is 11.2 Å². The molecule has 0 amide bonds. The average Bonchev–Trinajstić information content (AvgIpc) is 2.62. The summed E-state index contributed by atoms with van der Waals surface area (Å²) in [4.78, 5) is 11.6. The summed E-state index contributed by atoms with van der Waals surface area (Å²) in [5.74, 6) is -0.427. The Hall–Kier alpha value is 0.716. The minimum Gasteiger partial charge on any atom is -0.462 e. The molecule has 166 valence electrons. The molecule has 0 radical (unpaired) electrons. The van der Waals surface area contributed by atoms with E-state index in [4.69, 9.17) is 9.29 Å². The van der Waals surface area contributed by atoms with Gasteiger partial charge >= 0.3 is 61.8 Å². The third-order valence-electron chi connectivity index (χ3n) is 4.27. The number of allylic oxidation sites excluding steroid dienone is 2. The summed E-state index contributed by atoms with van der Waals surface area (Å²) in [6.07, 6.45) is 20.5. The summed E-state index contributed by atoms with van der Waals surface area (Å²) >= 11 is 0. The fourth-order valence-corrected chi connectivity index (χ4v) is 3.08. The first kappa shape index (κ1) is 31.9. The van der Waals surface area contributed by atoms with Gasteiger partial charge in [0.15, 0.2) is 0 Å². The fourth-order valence-electron chi connectivity index (χ4n) is 2.71. The summed E-state index contributed by atoms with van der Waals surface area (Å²) in [5.41, 5.74) is 0. The number of esters is 1. The maximum atomic E-state index is 11.6. The molecule has 8 heteroatoms. The van der Waals surface area contributed by atoms with Gasteiger partial charge in [-0.2, -0.15) is 14.8 Å².